The van der Waals surface area contributed by atoms with Crippen molar-refractivity contribution in [3.63, 3.8) is 0 Å². The number of benzene rings is 1. The number of nitrogens with zero attached hydrogens (tertiary/aromatic N) is 3. The van der Waals surface area contributed by atoms with E-state index in [9.17, 15) is 12.8 Å². The van der Waals surface area contributed by atoms with Crippen LogP contribution in [0.1, 0.15) is 11.1 Å². The van der Waals surface area contributed by atoms with Crippen LogP contribution in [0.5, 0.6) is 0 Å². The maximum absolute atomic E-state index is 14.0. The van der Waals surface area contributed by atoms with E-state index in [1.54, 1.807) is 31.0 Å². The first-order valence-corrected chi connectivity index (χ1v) is 7.65. The van der Waals surface area contributed by atoms with Gasteiger partial charge in [-0.1, -0.05) is 0 Å². The SMILES string of the molecule is Cc1cc(F)c(S(=O)(=O)N(C)Cc2cnn(C)c2)cc1N. The average Bonchev–Trinajstić information content (AvgIpc) is 2.79. The molecule has 114 valence electrons. The summed E-state index contributed by atoms with van der Waals surface area (Å²) in [6.07, 6.45) is 3.26. The van der Waals surface area contributed by atoms with Crippen molar-refractivity contribution in [1.82, 2.24) is 14.1 Å². The van der Waals surface area contributed by atoms with Crippen molar-refractivity contribution in [2.24, 2.45) is 7.05 Å². The van der Waals surface area contributed by atoms with Crippen LogP contribution in [0.25, 0.3) is 0 Å². The number of hydrogen-bond acceptors (Lipinski definition) is 4. The summed E-state index contributed by atoms with van der Waals surface area (Å²) in [6, 6.07) is 2.28. The van der Waals surface area contributed by atoms with Crippen LogP contribution in [0.3, 0.4) is 0 Å². The Bertz CT molecular complexity index is 770. The minimum atomic E-state index is -3.96. The molecule has 1 aromatic heterocycles. The van der Waals surface area contributed by atoms with Gasteiger partial charge in [-0.2, -0.15) is 9.40 Å². The minimum absolute atomic E-state index is 0.101. The second kappa shape index (κ2) is 5.45. The van der Waals surface area contributed by atoms with Gasteiger partial charge in [-0.15, -0.1) is 0 Å². The molecule has 0 aliphatic rings. The maximum Gasteiger partial charge on any atom is 0.246 e. The molecular formula is C13H17FN4O2S. The van der Waals surface area contributed by atoms with Gasteiger partial charge in [-0.05, 0) is 24.6 Å². The zero-order chi connectivity index (χ0) is 15.8. The Morgan fingerprint density at radius 1 is 1.43 bits per heavy atom. The van der Waals surface area contributed by atoms with E-state index in [2.05, 4.69) is 5.10 Å². The van der Waals surface area contributed by atoms with Gasteiger partial charge >= 0.3 is 0 Å². The van der Waals surface area contributed by atoms with Gasteiger partial charge < -0.3 is 5.73 Å². The minimum Gasteiger partial charge on any atom is -0.398 e. The molecule has 0 radical (unpaired) electrons. The lowest BCUT2D eigenvalue weighted by molar-refractivity contribution is 0.460. The number of rotatable bonds is 4. The Morgan fingerprint density at radius 2 is 2.10 bits per heavy atom. The van der Waals surface area contributed by atoms with Gasteiger partial charge in [0.25, 0.3) is 0 Å². The lowest BCUT2D eigenvalue weighted by atomic mass is 10.2. The van der Waals surface area contributed by atoms with Crippen LogP contribution in [0.4, 0.5) is 10.1 Å². The zero-order valence-electron chi connectivity index (χ0n) is 12.0. The van der Waals surface area contributed by atoms with Crippen LogP contribution in [0, 0.1) is 12.7 Å². The molecule has 0 unspecified atom stereocenters. The van der Waals surface area contributed by atoms with Crippen molar-refractivity contribution in [3.05, 3.63) is 41.5 Å². The van der Waals surface area contributed by atoms with E-state index in [1.165, 1.54) is 7.05 Å². The molecule has 2 N–H and O–H groups in total. The second-order valence-electron chi connectivity index (χ2n) is 4.92. The first-order valence-electron chi connectivity index (χ1n) is 6.21. The van der Waals surface area contributed by atoms with E-state index in [-0.39, 0.29) is 12.2 Å². The van der Waals surface area contributed by atoms with Crippen molar-refractivity contribution in [1.29, 1.82) is 0 Å². The molecule has 0 aliphatic carbocycles. The summed E-state index contributed by atoms with van der Waals surface area (Å²) in [7, 11) is -0.835. The fraction of sp³-hybridized carbons (Fsp3) is 0.308. The molecule has 0 fully saturated rings. The van der Waals surface area contributed by atoms with Gasteiger partial charge in [0.1, 0.15) is 10.7 Å². The molecule has 21 heavy (non-hydrogen) atoms. The van der Waals surface area contributed by atoms with Crippen molar-refractivity contribution >= 4 is 15.7 Å². The predicted molar refractivity (Wildman–Crippen MR) is 77.4 cm³/mol. The molecule has 8 heteroatoms. The number of nitrogens with two attached hydrogens (primary N) is 1. The molecule has 0 aliphatic heterocycles. The number of sulfonamides is 1. The van der Waals surface area contributed by atoms with E-state index < -0.39 is 20.7 Å². The van der Waals surface area contributed by atoms with E-state index in [0.717, 1.165) is 16.4 Å². The Kier molecular flexibility index (Phi) is 4.02. The van der Waals surface area contributed by atoms with Crippen LogP contribution in [0.2, 0.25) is 0 Å². The zero-order valence-corrected chi connectivity index (χ0v) is 12.9. The maximum atomic E-state index is 14.0. The normalized spacial score (nSPS) is 12.0. The number of aryl methyl sites for hydroxylation is 2. The Hall–Kier alpha value is -1.93. The fourth-order valence-electron chi connectivity index (χ4n) is 1.93. The smallest absolute Gasteiger partial charge is 0.246 e. The highest BCUT2D eigenvalue weighted by Gasteiger charge is 2.25. The molecule has 2 aromatic rings. The molecule has 1 heterocycles. The third-order valence-corrected chi connectivity index (χ3v) is 4.99. The summed E-state index contributed by atoms with van der Waals surface area (Å²) in [5.41, 5.74) is 7.13. The molecular weight excluding hydrogens is 295 g/mol. The Labute approximate surface area is 123 Å². The van der Waals surface area contributed by atoms with Crippen LogP contribution in [0.15, 0.2) is 29.4 Å². The molecule has 0 saturated carbocycles. The first kappa shape index (κ1) is 15.5. The quantitative estimate of drug-likeness (QED) is 0.862. The Morgan fingerprint density at radius 3 is 2.67 bits per heavy atom. The summed E-state index contributed by atoms with van der Waals surface area (Å²) < 4.78 is 41.4. The monoisotopic (exact) mass is 312 g/mol. The van der Waals surface area contributed by atoms with Crippen molar-refractivity contribution in [3.8, 4) is 0 Å². The lowest BCUT2D eigenvalue weighted by Gasteiger charge is -2.17. The van der Waals surface area contributed by atoms with Crippen LogP contribution in [-0.2, 0) is 23.6 Å². The fourth-order valence-corrected chi connectivity index (χ4v) is 3.17. The molecule has 0 bridgehead atoms. The highest BCUT2D eigenvalue weighted by atomic mass is 32.2. The molecule has 0 saturated heterocycles. The number of hydrogen-bond donors (Lipinski definition) is 1. The summed E-state index contributed by atoms with van der Waals surface area (Å²) >= 11 is 0. The Balaban J connectivity index is 2.35. The van der Waals surface area contributed by atoms with Gasteiger partial charge in [-0.25, -0.2) is 12.8 Å². The van der Waals surface area contributed by atoms with Gasteiger partial charge in [0.15, 0.2) is 0 Å². The summed E-state index contributed by atoms with van der Waals surface area (Å²) in [5.74, 6) is -0.806. The topological polar surface area (TPSA) is 81.2 Å². The van der Waals surface area contributed by atoms with Crippen LogP contribution in [-0.4, -0.2) is 29.6 Å². The molecule has 0 atom stereocenters. The van der Waals surface area contributed by atoms with Crippen molar-refractivity contribution < 1.29 is 12.8 Å². The third kappa shape index (κ3) is 3.06. The second-order valence-corrected chi connectivity index (χ2v) is 6.94. The number of nitrogen functional groups attached to an aromatic ring is 1. The summed E-state index contributed by atoms with van der Waals surface area (Å²) in [5, 5.41) is 3.97. The van der Waals surface area contributed by atoms with Crippen LogP contribution >= 0.6 is 0 Å². The lowest BCUT2D eigenvalue weighted by Crippen LogP contribution is -2.27. The molecule has 0 spiro atoms. The van der Waals surface area contributed by atoms with E-state index >= 15 is 0 Å². The summed E-state index contributed by atoms with van der Waals surface area (Å²) in [6.45, 7) is 1.72. The number of aromatic nitrogens is 2. The highest BCUT2D eigenvalue weighted by Crippen LogP contribution is 2.24. The summed E-state index contributed by atoms with van der Waals surface area (Å²) in [4.78, 5) is -0.419. The molecule has 1 aromatic carbocycles. The number of anilines is 1. The average molecular weight is 312 g/mol. The van der Waals surface area contributed by atoms with Gasteiger partial charge in [0, 0.05) is 38.1 Å². The van der Waals surface area contributed by atoms with Crippen LogP contribution < -0.4 is 5.73 Å². The van der Waals surface area contributed by atoms with Gasteiger partial charge in [0.05, 0.1) is 6.20 Å². The van der Waals surface area contributed by atoms with Gasteiger partial charge in [-0.3, -0.25) is 4.68 Å². The molecule has 2 rings (SSSR count). The standard InChI is InChI=1S/C13H17FN4O2S/c1-9-4-11(14)13(5-12(9)15)21(19,20)18(3)8-10-6-16-17(2)7-10/h4-7H,8,15H2,1-3H3. The van der Waals surface area contributed by atoms with Gasteiger partial charge in [0.2, 0.25) is 10.0 Å². The van der Waals surface area contributed by atoms with E-state index in [4.69, 9.17) is 5.73 Å². The van der Waals surface area contributed by atoms with Crippen molar-refractivity contribution in [2.45, 2.75) is 18.4 Å². The molecule has 6 nitrogen and oxygen atoms in total. The first-order chi connectivity index (χ1) is 9.71. The largest absolute Gasteiger partial charge is 0.398 e. The third-order valence-electron chi connectivity index (χ3n) is 3.17. The predicted octanol–water partition coefficient (Wildman–Crippen LogP) is 1.27. The van der Waals surface area contributed by atoms with Crippen molar-refractivity contribution in [2.75, 3.05) is 12.8 Å². The van der Waals surface area contributed by atoms with E-state index in [0.29, 0.717) is 11.1 Å². The van der Waals surface area contributed by atoms with E-state index in [1.807, 2.05) is 0 Å². The highest BCUT2D eigenvalue weighted by molar-refractivity contribution is 7.89. The number of halogens is 1. The molecule has 0 amide bonds.